The topological polar surface area (TPSA) is 18.5 Å². The molecule has 3 heterocycles. The summed E-state index contributed by atoms with van der Waals surface area (Å²) in [5.41, 5.74) is 0. The van der Waals surface area contributed by atoms with Crippen LogP contribution in [0, 0.1) is 5.92 Å². The molecule has 3 aliphatic rings. The zero-order valence-electron chi connectivity index (χ0n) is 12.1. The van der Waals surface area contributed by atoms with Crippen molar-refractivity contribution in [2.75, 3.05) is 33.2 Å². The Hall–Kier alpha value is -0.120. The van der Waals surface area contributed by atoms with Crippen LogP contribution in [0.4, 0.5) is 0 Å². The molecule has 0 saturated carbocycles. The molecular formula is C15H29N3. The van der Waals surface area contributed by atoms with E-state index >= 15 is 0 Å². The maximum absolute atomic E-state index is 3.72. The van der Waals surface area contributed by atoms with Crippen molar-refractivity contribution in [2.24, 2.45) is 5.92 Å². The maximum Gasteiger partial charge on any atom is 0.0223 e. The van der Waals surface area contributed by atoms with Gasteiger partial charge in [-0.1, -0.05) is 6.92 Å². The summed E-state index contributed by atoms with van der Waals surface area (Å²) in [7, 11) is 2.34. The third-order valence-corrected chi connectivity index (χ3v) is 5.47. The molecule has 3 nitrogen and oxygen atoms in total. The van der Waals surface area contributed by atoms with Crippen molar-refractivity contribution < 1.29 is 0 Å². The number of rotatable bonds is 2. The number of hydrogen-bond donors (Lipinski definition) is 1. The van der Waals surface area contributed by atoms with Gasteiger partial charge in [-0.15, -0.1) is 0 Å². The van der Waals surface area contributed by atoms with Crippen molar-refractivity contribution in [3.63, 3.8) is 0 Å². The van der Waals surface area contributed by atoms with Crippen molar-refractivity contribution >= 4 is 0 Å². The Morgan fingerprint density at radius 1 is 1.11 bits per heavy atom. The van der Waals surface area contributed by atoms with Crippen LogP contribution in [0.3, 0.4) is 0 Å². The van der Waals surface area contributed by atoms with Crippen LogP contribution in [0.1, 0.15) is 39.0 Å². The Labute approximate surface area is 112 Å². The highest BCUT2D eigenvalue weighted by atomic mass is 15.3. The largest absolute Gasteiger partial charge is 0.313 e. The molecule has 4 atom stereocenters. The molecular weight excluding hydrogens is 222 g/mol. The summed E-state index contributed by atoms with van der Waals surface area (Å²) in [6.07, 6.45) is 6.99. The second-order valence-electron chi connectivity index (χ2n) is 6.88. The average Bonchev–Trinajstić information content (AvgIpc) is 2.58. The van der Waals surface area contributed by atoms with Crippen molar-refractivity contribution in [1.82, 2.24) is 15.1 Å². The van der Waals surface area contributed by atoms with Crippen LogP contribution in [0.25, 0.3) is 0 Å². The van der Waals surface area contributed by atoms with Gasteiger partial charge in [0.05, 0.1) is 0 Å². The Balaban J connectivity index is 1.54. The Kier molecular flexibility index (Phi) is 3.92. The van der Waals surface area contributed by atoms with E-state index in [0.29, 0.717) is 0 Å². The summed E-state index contributed by atoms with van der Waals surface area (Å²) in [4.78, 5) is 5.38. The summed E-state index contributed by atoms with van der Waals surface area (Å²) in [6, 6.07) is 2.45. The summed E-state index contributed by atoms with van der Waals surface area (Å²) < 4.78 is 0. The van der Waals surface area contributed by atoms with Gasteiger partial charge in [0.2, 0.25) is 0 Å². The minimum Gasteiger partial charge on any atom is -0.313 e. The van der Waals surface area contributed by atoms with E-state index in [1.165, 1.54) is 58.3 Å². The summed E-state index contributed by atoms with van der Waals surface area (Å²) in [5.74, 6) is 0.919. The van der Waals surface area contributed by atoms with E-state index in [1.54, 1.807) is 0 Å². The Bertz CT molecular complexity index is 281. The standard InChI is InChI=1S/C15H29N3/c1-12-5-7-16-13(9-12)10-18-8-6-14-3-4-15(11-18)17(14)2/h12-16H,3-11H2,1-2H3. The maximum atomic E-state index is 3.72. The van der Waals surface area contributed by atoms with Crippen LogP contribution in [0.5, 0.6) is 0 Å². The monoisotopic (exact) mass is 251 g/mol. The van der Waals surface area contributed by atoms with E-state index in [4.69, 9.17) is 0 Å². The molecule has 2 bridgehead atoms. The van der Waals surface area contributed by atoms with Crippen molar-refractivity contribution in [3.05, 3.63) is 0 Å². The molecule has 3 heteroatoms. The molecule has 3 rings (SSSR count). The van der Waals surface area contributed by atoms with Gasteiger partial charge in [-0.25, -0.2) is 0 Å². The van der Waals surface area contributed by atoms with E-state index in [1.807, 2.05) is 0 Å². The summed E-state index contributed by atoms with van der Waals surface area (Å²) in [5, 5.41) is 3.72. The fourth-order valence-electron chi connectivity index (χ4n) is 4.22. The van der Waals surface area contributed by atoms with Crippen LogP contribution in [-0.4, -0.2) is 61.2 Å². The molecule has 0 aromatic heterocycles. The van der Waals surface area contributed by atoms with Gasteiger partial charge in [0.15, 0.2) is 0 Å². The lowest BCUT2D eigenvalue weighted by atomic mass is 9.94. The molecule has 0 amide bonds. The first-order chi connectivity index (χ1) is 8.72. The average molecular weight is 251 g/mol. The number of likely N-dealkylation sites (tertiary alicyclic amines) is 1. The third-order valence-electron chi connectivity index (χ3n) is 5.47. The lowest BCUT2D eigenvalue weighted by Crippen LogP contribution is -2.47. The number of fused-ring (bicyclic) bond motifs is 2. The second kappa shape index (κ2) is 5.48. The van der Waals surface area contributed by atoms with Crippen LogP contribution >= 0.6 is 0 Å². The molecule has 104 valence electrons. The Morgan fingerprint density at radius 3 is 2.78 bits per heavy atom. The fraction of sp³-hybridized carbons (Fsp3) is 1.00. The van der Waals surface area contributed by atoms with E-state index < -0.39 is 0 Å². The van der Waals surface area contributed by atoms with Gasteiger partial charge in [-0.05, 0) is 58.2 Å². The first kappa shape index (κ1) is 12.9. The highest BCUT2D eigenvalue weighted by Gasteiger charge is 2.35. The fourth-order valence-corrected chi connectivity index (χ4v) is 4.22. The van der Waals surface area contributed by atoms with Gasteiger partial charge >= 0.3 is 0 Å². The minimum absolute atomic E-state index is 0.746. The number of piperidine rings is 1. The van der Waals surface area contributed by atoms with Gasteiger partial charge in [-0.3, -0.25) is 4.90 Å². The first-order valence-electron chi connectivity index (χ1n) is 7.90. The minimum atomic E-state index is 0.746. The van der Waals surface area contributed by atoms with Gasteiger partial charge < -0.3 is 10.2 Å². The van der Waals surface area contributed by atoms with Crippen LogP contribution in [0.2, 0.25) is 0 Å². The number of hydrogen-bond acceptors (Lipinski definition) is 3. The molecule has 0 spiro atoms. The van der Waals surface area contributed by atoms with E-state index in [-0.39, 0.29) is 0 Å². The zero-order chi connectivity index (χ0) is 12.5. The lowest BCUT2D eigenvalue weighted by molar-refractivity contribution is 0.185. The van der Waals surface area contributed by atoms with Gasteiger partial charge in [0, 0.05) is 31.2 Å². The van der Waals surface area contributed by atoms with Crippen molar-refractivity contribution in [3.8, 4) is 0 Å². The number of likely N-dealkylation sites (N-methyl/N-ethyl adjacent to an activating group) is 1. The molecule has 3 fully saturated rings. The molecule has 0 aromatic rings. The molecule has 4 unspecified atom stereocenters. The summed E-state index contributed by atoms with van der Waals surface area (Å²) >= 11 is 0. The SMILES string of the molecule is CC1CCNC(CN2CCC3CCC(C2)N3C)C1. The molecule has 3 aliphatic heterocycles. The van der Waals surface area contributed by atoms with Crippen molar-refractivity contribution in [2.45, 2.75) is 57.2 Å². The highest BCUT2D eigenvalue weighted by Crippen LogP contribution is 2.28. The van der Waals surface area contributed by atoms with Crippen LogP contribution in [-0.2, 0) is 0 Å². The second-order valence-corrected chi connectivity index (χ2v) is 6.88. The smallest absolute Gasteiger partial charge is 0.0223 e. The predicted molar refractivity (Wildman–Crippen MR) is 75.8 cm³/mol. The molecule has 3 saturated heterocycles. The quantitative estimate of drug-likeness (QED) is 0.803. The van der Waals surface area contributed by atoms with E-state index in [0.717, 1.165) is 24.0 Å². The van der Waals surface area contributed by atoms with Crippen molar-refractivity contribution in [1.29, 1.82) is 0 Å². The van der Waals surface area contributed by atoms with Gasteiger partial charge in [-0.2, -0.15) is 0 Å². The molecule has 18 heavy (non-hydrogen) atoms. The van der Waals surface area contributed by atoms with E-state index in [2.05, 4.69) is 29.1 Å². The number of nitrogens with one attached hydrogen (secondary N) is 1. The van der Waals surface area contributed by atoms with Crippen LogP contribution in [0.15, 0.2) is 0 Å². The third kappa shape index (κ3) is 2.73. The molecule has 0 radical (unpaired) electrons. The highest BCUT2D eigenvalue weighted by molar-refractivity contribution is 4.92. The number of nitrogens with zero attached hydrogens (tertiary/aromatic N) is 2. The van der Waals surface area contributed by atoms with Crippen LogP contribution < -0.4 is 5.32 Å². The summed E-state index contributed by atoms with van der Waals surface area (Å²) in [6.45, 7) is 7.54. The zero-order valence-corrected chi connectivity index (χ0v) is 12.1. The first-order valence-corrected chi connectivity index (χ1v) is 7.90. The van der Waals surface area contributed by atoms with Gasteiger partial charge in [0.25, 0.3) is 0 Å². The molecule has 0 aromatic carbocycles. The molecule has 0 aliphatic carbocycles. The van der Waals surface area contributed by atoms with Gasteiger partial charge in [0.1, 0.15) is 0 Å². The Morgan fingerprint density at radius 2 is 1.94 bits per heavy atom. The molecule has 1 N–H and O–H groups in total. The lowest BCUT2D eigenvalue weighted by Gasteiger charge is -2.34. The normalized spacial score (nSPS) is 43.0. The predicted octanol–water partition coefficient (Wildman–Crippen LogP) is 1.54. The van der Waals surface area contributed by atoms with E-state index in [9.17, 15) is 0 Å².